The van der Waals surface area contributed by atoms with E-state index >= 15 is 0 Å². The number of nitrogens with zero attached hydrogens (tertiary/aromatic N) is 2. The Kier molecular flexibility index (Phi) is 6.48. The molecule has 152 valence electrons. The van der Waals surface area contributed by atoms with Gasteiger partial charge in [-0.05, 0) is 78.8 Å². The Morgan fingerprint density at radius 2 is 1.62 bits per heavy atom. The van der Waals surface area contributed by atoms with E-state index in [9.17, 15) is 0 Å². The number of hydrogen-bond donors (Lipinski definition) is 0. The van der Waals surface area contributed by atoms with Gasteiger partial charge in [0.15, 0.2) is 0 Å². The number of halogens is 2. The second-order valence-electron chi connectivity index (χ2n) is 7.81. The van der Waals surface area contributed by atoms with Crippen molar-refractivity contribution in [1.82, 2.24) is 4.90 Å². The third-order valence-corrected chi connectivity index (χ3v) is 6.97. The highest BCUT2D eigenvalue weighted by Crippen LogP contribution is 2.36. The van der Waals surface area contributed by atoms with Gasteiger partial charge in [-0.15, -0.1) is 0 Å². The van der Waals surface area contributed by atoms with Crippen molar-refractivity contribution in [3.8, 4) is 11.1 Å². The Morgan fingerprint density at radius 3 is 2.28 bits per heavy atom. The maximum Gasteiger partial charge on any atom is 0.0452 e. The smallest absolute Gasteiger partial charge is 0.0452 e. The first-order chi connectivity index (χ1) is 14.1. The maximum atomic E-state index is 6.34. The van der Waals surface area contributed by atoms with E-state index in [0.29, 0.717) is 6.04 Å². The molecule has 0 amide bonds. The second kappa shape index (κ2) is 9.07. The van der Waals surface area contributed by atoms with Crippen LogP contribution in [0.1, 0.15) is 26.7 Å². The van der Waals surface area contributed by atoms with Gasteiger partial charge in [0.25, 0.3) is 0 Å². The molecule has 0 aromatic heterocycles. The molecule has 0 radical (unpaired) electrons. The monoisotopic (exact) mass is 470 g/mol. The van der Waals surface area contributed by atoms with Gasteiger partial charge in [-0.2, -0.15) is 0 Å². The number of hydrogen-bond acceptors (Lipinski definition) is 2. The van der Waals surface area contributed by atoms with Crippen LogP contribution in [-0.4, -0.2) is 37.1 Å². The standard InChI is InChI=1S/C25H28BrClN2/c1-3-28(4-2)23-11-13-29(14-12-23)25-17-19(18-5-7-21(26)8-6-18)15-20-16-22(27)9-10-24(20)25/h5-10,15-17,23H,3-4,11-14H2,1-2H3. The van der Waals surface area contributed by atoms with Crippen LogP contribution < -0.4 is 4.90 Å². The molecule has 1 heterocycles. The van der Waals surface area contributed by atoms with Crippen molar-refractivity contribution in [3.63, 3.8) is 0 Å². The minimum absolute atomic E-state index is 0.705. The summed E-state index contributed by atoms with van der Waals surface area (Å²) in [5.41, 5.74) is 3.80. The van der Waals surface area contributed by atoms with Crippen LogP contribution >= 0.6 is 27.5 Å². The van der Waals surface area contributed by atoms with Gasteiger partial charge >= 0.3 is 0 Å². The molecular formula is C25H28BrClN2. The van der Waals surface area contributed by atoms with Gasteiger partial charge < -0.3 is 9.80 Å². The van der Waals surface area contributed by atoms with Crippen molar-refractivity contribution >= 4 is 44.0 Å². The van der Waals surface area contributed by atoms with Crippen LogP contribution in [0.5, 0.6) is 0 Å². The van der Waals surface area contributed by atoms with Crippen LogP contribution in [-0.2, 0) is 0 Å². The predicted octanol–water partition coefficient (Wildman–Crippen LogP) is 7.23. The normalized spacial score (nSPS) is 15.4. The average molecular weight is 472 g/mol. The molecule has 1 aliphatic heterocycles. The zero-order chi connectivity index (χ0) is 20.4. The zero-order valence-electron chi connectivity index (χ0n) is 17.2. The lowest BCUT2D eigenvalue weighted by molar-refractivity contribution is 0.186. The number of piperidine rings is 1. The lowest BCUT2D eigenvalue weighted by atomic mass is 9.97. The molecule has 0 atom stereocenters. The fraction of sp³-hybridized carbons (Fsp3) is 0.360. The van der Waals surface area contributed by atoms with Crippen molar-refractivity contribution in [2.75, 3.05) is 31.1 Å². The van der Waals surface area contributed by atoms with Gasteiger partial charge in [0.05, 0.1) is 0 Å². The zero-order valence-corrected chi connectivity index (χ0v) is 19.5. The fourth-order valence-electron chi connectivity index (χ4n) is 4.60. The van der Waals surface area contributed by atoms with E-state index in [-0.39, 0.29) is 0 Å². The third kappa shape index (κ3) is 4.47. The summed E-state index contributed by atoms with van der Waals surface area (Å²) in [7, 11) is 0. The topological polar surface area (TPSA) is 6.48 Å². The van der Waals surface area contributed by atoms with Crippen molar-refractivity contribution in [2.24, 2.45) is 0 Å². The van der Waals surface area contributed by atoms with Gasteiger partial charge in [-0.3, -0.25) is 0 Å². The summed E-state index contributed by atoms with van der Waals surface area (Å²) in [6.45, 7) is 9.03. The van der Waals surface area contributed by atoms with E-state index in [1.165, 1.54) is 40.4 Å². The maximum absolute atomic E-state index is 6.34. The molecule has 4 rings (SSSR count). The average Bonchev–Trinajstić information content (AvgIpc) is 2.74. The molecule has 0 N–H and O–H groups in total. The van der Waals surface area contributed by atoms with Crippen LogP contribution in [0.25, 0.3) is 21.9 Å². The fourth-order valence-corrected chi connectivity index (χ4v) is 5.05. The summed E-state index contributed by atoms with van der Waals surface area (Å²) in [6.07, 6.45) is 2.44. The molecular weight excluding hydrogens is 444 g/mol. The molecule has 2 nitrogen and oxygen atoms in total. The quantitative estimate of drug-likeness (QED) is 0.387. The summed E-state index contributed by atoms with van der Waals surface area (Å²) in [5, 5.41) is 3.28. The highest BCUT2D eigenvalue weighted by molar-refractivity contribution is 9.10. The SMILES string of the molecule is CCN(CC)C1CCN(c2cc(-c3ccc(Br)cc3)cc3cc(Cl)ccc23)CC1. The molecule has 3 aromatic carbocycles. The number of rotatable bonds is 5. The lowest BCUT2D eigenvalue weighted by Crippen LogP contribution is -2.44. The summed E-state index contributed by atoms with van der Waals surface area (Å²) in [5.74, 6) is 0. The van der Waals surface area contributed by atoms with Crippen LogP contribution in [0, 0.1) is 0 Å². The molecule has 0 unspecified atom stereocenters. The summed E-state index contributed by atoms with van der Waals surface area (Å²) >= 11 is 9.88. The van der Waals surface area contributed by atoms with Gasteiger partial charge in [-0.25, -0.2) is 0 Å². The first-order valence-electron chi connectivity index (χ1n) is 10.6. The molecule has 0 aliphatic carbocycles. The van der Waals surface area contributed by atoms with Crippen LogP contribution in [0.4, 0.5) is 5.69 Å². The van der Waals surface area contributed by atoms with Crippen molar-refractivity contribution < 1.29 is 0 Å². The van der Waals surface area contributed by atoms with E-state index < -0.39 is 0 Å². The van der Waals surface area contributed by atoms with Gasteiger partial charge in [0.1, 0.15) is 0 Å². The first-order valence-corrected chi connectivity index (χ1v) is 11.7. The predicted molar refractivity (Wildman–Crippen MR) is 130 cm³/mol. The van der Waals surface area contributed by atoms with E-state index in [1.807, 2.05) is 6.07 Å². The van der Waals surface area contributed by atoms with E-state index in [2.05, 4.69) is 88.1 Å². The Hall–Kier alpha value is -1.55. The van der Waals surface area contributed by atoms with Crippen molar-refractivity contribution in [3.05, 3.63) is 64.1 Å². The molecule has 1 fully saturated rings. The molecule has 1 aliphatic rings. The molecule has 29 heavy (non-hydrogen) atoms. The van der Waals surface area contributed by atoms with Crippen molar-refractivity contribution in [1.29, 1.82) is 0 Å². The molecule has 0 saturated carbocycles. The summed E-state index contributed by atoms with van der Waals surface area (Å²) in [6, 6.07) is 20.2. The Morgan fingerprint density at radius 1 is 0.931 bits per heavy atom. The Labute approximate surface area is 187 Å². The van der Waals surface area contributed by atoms with Crippen LogP contribution in [0.15, 0.2) is 59.1 Å². The molecule has 4 heteroatoms. The molecule has 0 bridgehead atoms. The lowest BCUT2D eigenvalue weighted by Gasteiger charge is -2.39. The van der Waals surface area contributed by atoms with E-state index in [1.54, 1.807) is 0 Å². The third-order valence-electron chi connectivity index (χ3n) is 6.20. The Balaban J connectivity index is 1.70. The first kappa shape index (κ1) is 20.7. The number of anilines is 1. The highest BCUT2D eigenvalue weighted by atomic mass is 79.9. The van der Waals surface area contributed by atoms with Gasteiger partial charge in [-0.1, -0.05) is 59.6 Å². The van der Waals surface area contributed by atoms with Gasteiger partial charge in [0.2, 0.25) is 0 Å². The van der Waals surface area contributed by atoms with Gasteiger partial charge in [0, 0.05) is 39.7 Å². The summed E-state index contributed by atoms with van der Waals surface area (Å²) in [4.78, 5) is 5.17. The number of fused-ring (bicyclic) bond motifs is 1. The summed E-state index contributed by atoms with van der Waals surface area (Å²) < 4.78 is 1.10. The minimum atomic E-state index is 0.705. The van der Waals surface area contributed by atoms with Crippen LogP contribution in [0.2, 0.25) is 5.02 Å². The van der Waals surface area contributed by atoms with E-state index in [0.717, 1.165) is 35.7 Å². The molecule has 1 saturated heterocycles. The Bertz CT molecular complexity index is 974. The van der Waals surface area contributed by atoms with E-state index in [4.69, 9.17) is 11.6 Å². The second-order valence-corrected chi connectivity index (χ2v) is 9.16. The van der Waals surface area contributed by atoms with Crippen LogP contribution in [0.3, 0.4) is 0 Å². The van der Waals surface area contributed by atoms with Crippen molar-refractivity contribution in [2.45, 2.75) is 32.7 Å². The molecule has 3 aromatic rings. The largest absolute Gasteiger partial charge is 0.371 e. The molecule has 0 spiro atoms. The highest BCUT2D eigenvalue weighted by Gasteiger charge is 2.24. The minimum Gasteiger partial charge on any atom is -0.371 e. The number of benzene rings is 3.